The summed E-state index contributed by atoms with van der Waals surface area (Å²) in [5.41, 5.74) is 0.699. The molecule has 3 rings (SSSR count). The van der Waals surface area contributed by atoms with Crippen LogP contribution in [0.4, 0.5) is 5.82 Å². The fourth-order valence-corrected chi connectivity index (χ4v) is 2.86. The van der Waals surface area contributed by atoms with Crippen molar-refractivity contribution >= 4 is 44.3 Å². The summed E-state index contributed by atoms with van der Waals surface area (Å²) in [4.78, 5) is 31.4. The minimum absolute atomic E-state index is 0.179. The number of H-pyrrole nitrogens is 1. The van der Waals surface area contributed by atoms with E-state index in [-0.39, 0.29) is 16.9 Å². The molecule has 0 saturated carbocycles. The number of nitrogens with one attached hydrogen (secondary N) is 2. The largest absolute Gasteiger partial charge is 0.359 e. The molecule has 1 aromatic carbocycles. The van der Waals surface area contributed by atoms with Gasteiger partial charge in [0.05, 0.1) is 12.2 Å². The van der Waals surface area contributed by atoms with Crippen molar-refractivity contribution in [3.8, 4) is 0 Å². The molecule has 0 aliphatic rings. The maximum Gasteiger partial charge on any atom is 0.293 e. The smallest absolute Gasteiger partial charge is 0.293 e. The maximum atomic E-state index is 12.3. The van der Waals surface area contributed by atoms with Crippen molar-refractivity contribution in [3.63, 3.8) is 0 Å². The van der Waals surface area contributed by atoms with Gasteiger partial charge < -0.3 is 14.9 Å². The van der Waals surface area contributed by atoms with Crippen LogP contribution in [0, 0.1) is 0 Å². The Morgan fingerprint density at radius 2 is 2.08 bits per heavy atom. The summed E-state index contributed by atoms with van der Waals surface area (Å²) in [7, 11) is 1.63. The van der Waals surface area contributed by atoms with Crippen LogP contribution in [0.15, 0.2) is 44.7 Å². The summed E-state index contributed by atoms with van der Waals surface area (Å²) in [6.45, 7) is 1.80. The van der Waals surface area contributed by atoms with Crippen LogP contribution in [-0.4, -0.2) is 14.5 Å². The zero-order valence-corrected chi connectivity index (χ0v) is 15.3. The minimum atomic E-state index is -0.404. The van der Waals surface area contributed by atoms with Gasteiger partial charge in [-0.05, 0) is 47.1 Å². The first-order chi connectivity index (χ1) is 11.4. The molecule has 2 heterocycles. The van der Waals surface area contributed by atoms with E-state index in [2.05, 4.69) is 31.2 Å². The number of fused-ring (bicyclic) bond motifs is 1. The summed E-state index contributed by atoms with van der Waals surface area (Å²) >= 11 is 9.25. The van der Waals surface area contributed by atoms with Crippen LogP contribution in [0.3, 0.4) is 0 Å². The molecule has 0 aliphatic carbocycles. The van der Waals surface area contributed by atoms with Gasteiger partial charge in [-0.1, -0.05) is 11.6 Å². The highest BCUT2D eigenvalue weighted by Gasteiger charge is 2.14. The Balaban J connectivity index is 2.01. The van der Waals surface area contributed by atoms with Gasteiger partial charge in [0.1, 0.15) is 4.60 Å². The van der Waals surface area contributed by atoms with E-state index in [1.807, 2.05) is 0 Å². The van der Waals surface area contributed by atoms with Gasteiger partial charge in [-0.3, -0.25) is 9.59 Å². The fourth-order valence-electron chi connectivity index (χ4n) is 2.41. The lowest BCUT2D eigenvalue weighted by atomic mass is 10.1. The molecule has 2 aromatic heterocycles. The number of anilines is 1. The van der Waals surface area contributed by atoms with Crippen molar-refractivity contribution in [1.82, 2.24) is 14.5 Å². The molecular weight excluding hydrogens is 396 g/mol. The van der Waals surface area contributed by atoms with Gasteiger partial charge in [0.25, 0.3) is 11.1 Å². The molecule has 6 nitrogen and oxygen atoms in total. The third kappa shape index (κ3) is 3.09. The Kier molecular flexibility index (Phi) is 4.47. The Labute approximate surface area is 150 Å². The standard InChI is InChI=1S/C16H14BrClN4O2/c1-8(20-14-16(24)22(2)13(17)7-19-14)11-6-9-5-10(18)3-4-12(9)21-15(11)23/h3-8H,1-2H3,(H,19,20)(H,21,23)/t8-/m0/s1. The van der Waals surface area contributed by atoms with Gasteiger partial charge in [-0.15, -0.1) is 0 Å². The van der Waals surface area contributed by atoms with E-state index in [4.69, 9.17) is 11.6 Å². The fraction of sp³-hybridized carbons (Fsp3) is 0.188. The van der Waals surface area contributed by atoms with Gasteiger partial charge in [0.2, 0.25) is 0 Å². The maximum absolute atomic E-state index is 12.3. The van der Waals surface area contributed by atoms with Crippen LogP contribution in [-0.2, 0) is 7.05 Å². The molecule has 0 fully saturated rings. The first kappa shape index (κ1) is 16.7. The Morgan fingerprint density at radius 1 is 1.33 bits per heavy atom. The number of hydrogen-bond acceptors (Lipinski definition) is 4. The number of aromatic nitrogens is 3. The first-order valence-corrected chi connectivity index (χ1v) is 8.34. The molecule has 0 radical (unpaired) electrons. The molecule has 24 heavy (non-hydrogen) atoms. The molecule has 3 aromatic rings. The average Bonchev–Trinajstić information content (AvgIpc) is 2.55. The molecule has 0 unspecified atom stereocenters. The van der Waals surface area contributed by atoms with E-state index in [9.17, 15) is 9.59 Å². The summed E-state index contributed by atoms with van der Waals surface area (Å²) in [6.07, 6.45) is 1.53. The highest BCUT2D eigenvalue weighted by molar-refractivity contribution is 9.10. The minimum Gasteiger partial charge on any atom is -0.359 e. The lowest BCUT2D eigenvalue weighted by Gasteiger charge is -2.15. The summed E-state index contributed by atoms with van der Waals surface area (Å²) in [6, 6.07) is 6.61. The summed E-state index contributed by atoms with van der Waals surface area (Å²) in [5, 5.41) is 4.41. The molecule has 0 spiro atoms. The molecule has 2 N–H and O–H groups in total. The number of halogens is 2. The van der Waals surface area contributed by atoms with E-state index in [0.717, 1.165) is 5.39 Å². The molecule has 0 aliphatic heterocycles. The first-order valence-electron chi connectivity index (χ1n) is 7.17. The second-order valence-electron chi connectivity index (χ2n) is 5.45. The second kappa shape index (κ2) is 6.41. The van der Waals surface area contributed by atoms with Crippen molar-refractivity contribution in [3.05, 3.63) is 66.4 Å². The van der Waals surface area contributed by atoms with Crippen molar-refractivity contribution in [2.45, 2.75) is 13.0 Å². The van der Waals surface area contributed by atoms with Gasteiger partial charge in [-0.2, -0.15) is 0 Å². The third-order valence-corrected chi connectivity index (χ3v) is 4.75. The van der Waals surface area contributed by atoms with Crippen LogP contribution >= 0.6 is 27.5 Å². The monoisotopic (exact) mass is 408 g/mol. The van der Waals surface area contributed by atoms with Crippen molar-refractivity contribution in [2.24, 2.45) is 7.05 Å². The van der Waals surface area contributed by atoms with Crippen LogP contribution in [0.5, 0.6) is 0 Å². The molecule has 0 saturated heterocycles. The van der Waals surface area contributed by atoms with Gasteiger partial charge >= 0.3 is 0 Å². The third-order valence-electron chi connectivity index (χ3n) is 3.78. The topological polar surface area (TPSA) is 79.8 Å². The van der Waals surface area contributed by atoms with Crippen molar-refractivity contribution in [1.29, 1.82) is 0 Å². The van der Waals surface area contributed by atoms with Crippen LogP contribution < -0.4 is 16.4 Å². The molecule has 8 heteroatoms. The molecule has 0 bridgehead atoms. The van der Waals surface area contributed by atoms with Crippen LogP contribution in [0.2, 0.25) is 5.02 Å². The highest BCUT2D eigenvalue weighted by atomic mass is 79.9. The summed E-state index contributed by atoms with van der Waals surface area (Å²) < 4.78 is 2.00. The lowest BCUT2D eigenvalue weighted by molar-refractivity contribution is 0.792. The van der Waals surface area contributed by atoms with E-state index >= 15 is 0 Å². The normalized spacial score (nSPS) is 12.3. The predicted molar refractivity (Wildman–Crippen MR) is 98.8 cm³/mol. The van der Waals surface area contributed by atoms with Gasteiger partial charge in [-0.25, -0.2) is 4.98 Å². The number of hydrogen-bond donors (Lipinski definition) is 2. The van der Waals surface area contributed by atoms with E-state index < -0.39 is 6.04 Å². The van der Waals surface area contributed by atoms with Crippen LogP contribution in [0.1, 0.15) is 18.5 Å². The Hall–Kier alpha value is -2.12. The van der Waals surface area contributed by atoms with E-state index in [0.29, 0.717) is 20.7 Å². The Morgan fingerprint density at radius 3 is 2.83 bits per heavy atom. The molecular formula is C16H14BrClN4O2. The summed E-state index contributed by atoms with van der Waals surface area (Å²) in [5.74, 6) is 0.179. The number of nitrogens with zero attached hydrogens (tertiary/aromatic N) is 2. The van der Waals surface area contributed by atoms with Crippen LogP contribution in [0.25, 0.3) is 10.9 Å². The lowest BCUT2D eigenvalue weighted by Crippen LogP contribution is -2.26. The number of aromatic amines is 1. The number of pyridine rings is 1. The average molecular weight is 410 g/mol. The zero-order valence-electron chi connectivity index (χ0n) is 12.9. The highest BCUT2D eigenvalue weighted by Crippen LogP contribution is 2.20. The predicted octanol–water partition coefficient (Wildman–Crippen LogP) is 3.21. The Bertz CT molecular complexity index is 1040. The van der Waals surface area contributed by atoms with Crippen molar-refractivity contribution in [2.75, 3.05) is 5.32 Å². The number of rotatable bonds is 3. The van der Waals surface area contributed by atoms with Gasteiger partial charge in [0.15, 0.2) is 5.82 Å². The zero-order chi connectivity index (χ0) is 17.4. The molecule has 1 atom stereocenters. The molecule has 124 valence electrons. The second-order valence-corrected chi connectivity index (χ2v) is 6.69. The number of benzene rings is 1. The quantitative estimate of drug-likeness (QED) is 0.696. The van der Waals surface area contributed by atoms with Gasteiger partial charge in [0, 0.05) is 28.5 Å². The van der Waals surface area contributed by atoms with E-state index in [1.165, 1.54) is 10.8 Å². The van der Waals surface area contributed by atoms with E-state index in [1.54, 1.807) is 38.2 Å². The van der Waals surface area contributed by atoms with Crippen molar-refractivity contribution < 1.29 is 0 Å². The SMILES string of the molecule is C[C@H](Nc1ncc(Br)n(C)c1=O)c1cc2cc(Cl)ccc2[nH]c1=O. The molecule has 0 amide bonds.